The van der Waals surface area contributed by atoms with E-state index in [2.05, 4.69) is 79.7 Å². The molecule has 0 saturated carbocycles. The molecule has 0 fully saturated rings. The van der Waals surface area contributed by atoms with E-state index in [1.165, 1.54) is 321 Å². The number of carbonyl (C=O) groups excluding carboxylic acids is 4. The van der Waals surface area contributed by atoms with Gasteiger partial charge in [-0.25, -0.2) is 0 Å². The third-order valence-corrected chi connectivity index (χ3v) is 20.7. The Morgan fingerprint density at radius 3 is 0.592 bits per heavy atom. The molecule has 0 amide bonds. The second-order valence-electron chi connectivity index (χ2n) is 30.4. The summed E-state index contributed by atoms with van der Waals surface area (Å²) in [5.74, 6) is 2.01. The SMILES string of the molecule is CCCCCCCC/C=C\CCCCCCCC(=O)OCC(CCCCCCCC)CCCCCCCCC(=O)OCC(CC)CCCC.CCCCCCCC/C=C\CCCCCCCC(=O)OCC(CCCCCCCCC)CCCCCCCC(=O)OCC(CC)CCCC. The average molecular weight is 1380 g/mol. The standard InChI is InChI=1S/2C45H86O4/c1-5-9-12-14-16-17-18-19-20-21-22-23-24-29-33-39-45(47)49-41-43(36-31-27-15-13-10-6-2)37-32-28-25-26-30-34-38-44(46)48-40-42(8-4)35-11-7-3;1-5-9-12-14-16-17-18-19-20-21-22-23-25-29-33-39-45(47)49-41-43(36-31-27-24-15-13-10-6-2)37-32-28-26-30-34-38-44(46)48-40-42(8-4)35-11-7-3/h2*19-20,42-43H,5-18,21-41H2,1-4H3/b2*20-19-. The Hall–Kier alpha value is -2.64. The minimum Gasteiger partial charge on any atom is -0.465 e. The normalized spacial score (nSPS) is 12.8. The molecule has 580 valence electrons. The number of ether oxygens (including phenoxy) is 4. The van der Waals surface area contributed by atoms with E-state index in [0.29, 0.717) is 75.8 Å². The first-order valence-corrected chi connectivity index (χ1v) is 44.1. The lowest BCUT2D eigenvalue weighted by Gasteiger charge is -2.17. The van der Waals surface area contributed by atoms with Gasteiger partial charge < -0.3 is 18.9 Å². The predicted octanol–water partition coefficient (Wildman–Crippen LogP) is 29.6. The Kier molecular flexibility index (Phi) is 82.8. The number of esters is 4. The van der Waals surface area contributed by atoms with Crippen LogP contribution in [-0.2, 0) is 38.1 Å². The van der Waals surface area contributed by atoms with Gasteiger partial charge in [0.2, 0.25) is 0 Å². The van der Waals surface area contributed by atoms with Gasteiger partial charge in [-0.3, -0.25) is 19.2 Å². The van der Waals surface area contributed by atoms with Crippen molar-refractivity contribution in [3.63, 3.8) is 0 Å². The Balaban J connectivity index is 0. The largest absolute Gasteiger partial charge is 0.465 e. The molecule has 0 heterocycles. The van der Waals surface area contributed by atoms with Gasteiger partial charge in [-0.2, -0.15) is 0 Å². The van der Waals surface area contributed by atoms with Gasteiger partial charge in [0.25, 0.3) is 0 Å². The molecular weight excluding hydrogens is 1210 g/mol. The van der Waals surface area contributed by atoms with Gasteiger partial charge in [-0.15, -0.1) is 0 Å². The first-order chi connectivity index (χ1) is 48.1. The van der Waals surface area contributed by atoms with E-state index in [-0.39, 0.29) is 23.9 Å². The summed E-state index contributed by atoms with van der Waals surface area (Å²) < 4.78 is 22.8. The maximum atomic E-state index is 12.5. The molecule has 0 aromatic rings. The summed E-state index contributed by atoms with van der Waals surface area (Å²) in [5, 5.41) is 0. The zero-order valence-corrected chi connectivity index (χ0v) is 67.4. The highest BCUT2D eigenvalue weighted by atomic mass is 16.5. The Labute approximate surface area is 612 Å². The van der Waals surface area contributed by atoms with Crippen LogP contribution < -0.4 is 0 Å². The molecule has 0 aliphatic rings. The topological polar surface area (TPSA) is 105 Å². The molecule has 4 unspecified atom stereocenters. The van der Waals surface area contributed by atoms with Gasteiger partial charge >= 0.3 is 23.9 Å². The van der Waals surface area contributed by atoms with Crippen molar-refractivity contribution in [3.8, 4) is 0 Å². The molecule has 98 heavy (non-hydrogen) atoms. The molecule has 0 aliphatic heterocycles. The van der Waals surface area contributed by atoms with Crippen LogP contribution in [0.1, 0.15) is 479 Å². The monoisotopic (exact) mass is 1380 g/mol. The molecule has 0 rings (SSSR count). The van der Waals surface area contributed by atoms with Crippen LogP contribution in [0.4, 0.5) is 0 Å². The quantitative estimate of drug-likeness (QED) is 0.0257. The van der Waals surface area contributed by atoms with Crippen molar-refractivity contribution in [2.24, 2.45) is 23.7 Å². The molecule has 0 spiro atoms. The van der Waals surface area contributed by atoms with E-state index >= 15 is 0 Å². The van der Waals surface area contributed by atoms with Crippen LogP contribution in [0.15, 0.2) is 24.3 Å². The van der Waals surface area contributed by atoms with Crippen LogP contribution in [0, 0.1) is 23.7 Å². The van der Waals surface area contributed by atoms with Gasteiger partial charge in [0.1, 0.15) is 0 Å². The molecule has 0 aliphatic carbocycles. The van der Waals surface area contributed by atoms with Gasteiger partial charge in [-0.05, 0) is 139 Å². The van der Waals surface area contributed by atoms with Crippen molar-refractivity contribution in [1.29, 1.82) is 0 Å². The Morgan fingerprint density at radius 2 is 0.378 bits per heavy atom. The van der Waals surface area contributed by atoms with E-state index in [4.69, 9.17) is 18.9 Å². The number of allylic oxidation sites excluding steroid dienone is 4. The van der Waals surface area contributed by atoms with E-state index < -0.39 is 0 Å². The van der Waals surface area contributed by atoms with Crippen LogP contribution in [0.2, 0.25) is 0 Å². The van der Waals surface area contributed by atoms with Crippen molar-refractivity contribution >= 4 is 23.9 Å². The highest BCUT2D eigenvalue weighted by Crippen LogP contribution is 2.24. The average Bonchev–Trinajstić information content (AvgIpc) is 3.11. The highest BCUT2D eigenvalue weighted by molar-refractivity contribution is 5.70. The fourth-order valence-corrected chi connectivity index (χ4v) is 13.5. The number of unbranched alkanes of at least 4 members (excludes halogenated alkanes) is 44. The van der Waals surface area contributed by atoms with Crippen molar-refractivity contribution in [2.45, 2.75) is 479 Å². The summed E-state index contributed by atoms with van der Waals surface area (Å²) in [6.45, 7) is 20.3. The Morgan fingerprint density at radius 1 is 0.204 bits per heavy atom. The minimum atomic E-state index is -0.0201. The van der Waals surface area contributed by atoms with Crippen molar-refractivity contribution < 1.29 is 38.1 Å². The van der Waals surface area contributed by atoms with Crippen LogP contribution in [0.3, 0.4) is 0 Å². The third-order valence-electron chi connectivity index (χ3n) is 20.7. The van der Waals surface area contributed by atoms with E-state index in [0.717, 1.165) is 77.0 Å². The first-order valence-electron chi connectivity index (χ1n) is 44.1. The zero-order valence-electron chi connectivity index (χ0n) is 67.4. The fourth-order valence-electron chi connectivity index (χ4n) is 13.5. The number of hydrogen-bond donors (Lipinski definition) is 0. The molecular formula is C90H172O8. The summed E-state index contributed by atoms with van der Waals surface area (Å²) in [5.41, 5.74) is 0. The van der Waals surface area contributed by atoms with Gasteiger partial charge in [0, 0.05) is 25.7 Å². The second kappa shape index (κ2) is 83.3. The summed E-state index contributed by atoms with van der Waals surface area (Å²) in [6.07, 6.45) is 88.5. The molecule has 0 N–H and O–H groups in total. The van der Waals surface area contributed by atoms with Crippen LogP contribution in [0.5, 0.6) is 0 Å². The first kappa shape index (κ1) is 97.4. The van der Waals surface area contributed by atoms with Gasteiger partial charge in [-0.1, -0.05) is 362 Å². The van der Waals surface area contributed by atoms with Crippen LogP contribution in [0.25, 0.3) is 0 Å². The molecule has 8 nitrogen and oxygen atoms in total. The zero-order chi connectivity index (χ0) is 71.8. The predicted molar refractivity (Wildman–Crippen MR) is 426 cm³/mol. The molecule has 0 bridgehead atoms. The second-order valence-corrected chi connectivity index (χ2v) is 30.4. The number of carbonyl (C=O) groups is 4. The summed E-state index contributed by atoms with van der Waals surface area (Å²) in [4.78, 5) is 49.4. The number of hydrogen-bond acceptors (Lipinski definition) is 8. The Bertz CT molecular complexity index is 1670. The van der Waals surface area contributed by atoms with E-state index in [9.17, 15) is 19.2 Å². The molecule has 8 heteroatoms. The van der Waals surface area contributed by atoms with Crippen LogP contribution in [-0.4, -0.2) is 50.3 Å². The third kappa shape index (κ3) is 77.5. The molecule has 0 radical (unpaired) electrons. The van der Waals surface area contributed by atoms with Gasteiger partial charge in [0.15, 0.2) is 0 Å². The van der Waals surface area contributed by atoms with E-state index in [1.54, 1.807) is 0 Å². The molecule has 0 saturated heterocycles. The maximum absolute atomic E-state index is 12.5. The van der Waals surface area contributed by atoms with Crippen molar-refractivity contribution in [1.82, 2.24) is 0 Å². The molecule has 0 aromatic carbocycles. The van der Waals surface area contributed by atoms with Crippen molar-refractivity contribution in [2.75, 3.05) is 26.4 Å². The smallest absolute Gasteiger partial charge is 0.305 e. The maximum Gasteiger partial charge on any atom is 0.305 e. The van der Waals surface area contributed by atoms with E-state index in [1.807, 2.05) is 0 Å². The van der Waals surface area contributed by atoms with Crippen LogP contribution >= 0.6 is 0 Å². The molecule has 0 aromatic heterocycles. The lowest BCUT2D eigenvalue weighted by molar-refractivity contribution is -0.146. The summed E-state index contributed by atoms with van der Waals surface area (Å²) >= 11 is 0. The highest BCUT2D eigenvalue weighted by Gasteiger charge is 2.16. The summed E-state index contributed by atoms with van der Waals surface area (Å²) in [6, 6.07) is 0. The summed E-state index contributed by atoms with van der Waals surface area (Å²) in [7, 11) is 0. The van der Waals surface area contributed by atoms with Gasteiger partial charge in [0.05, 0.1) is 26.4 Å². The number of rotatable bonds is 78. The lowest BCUT2D eigenvalue weighted by atomic mass is 9.94. The molecule has 4 atom stereocenters. The van der Waals surface area contributed by atoms with Crippen molar-refractivity contribution in [3.05, 3.63) is 24.3 Å². The fraction of sp³-hybridized carbons (Fsp3) is 0.911. The minimum absolute atomic E-state index is 0.00435. The lowest BCUT2D eigenvalue weighted by Crippen LogP contribution is -2.14.